The summed E-state index contributed by atoms with van der Waals surface area (Å²) in [5.74, 6) is -4.32. The number of carboxylic acid groups (broad SMARTS) is 2. The Labute approximate surface area is 265 Å². The maximum Gasteiger partial charge on any atom is 0.352 e. The van der Waals surface area contributed by atoms with E-state index in [0.29, 0.717) is 10.7 Å². The molecule has 2 atom stereocenters. The molecule has 234 valence electrons. The fourth-order valence-corrected chi connectivity index (χ4v) is 7.10. The van der Waals surface area contributed by atoms with E-state index in [2.05, 4.69) is 36.3 Å². The summed E-state index contributed by atoms with van der Waals surface area (Å²) >= 11 is 3.50. The predicted octanol–water partition coefficient (Wildman–Crippen LogP) is -0.163. The minimum atomic E-state index is -1.29. The molecule has 0 radical (unpaired) electrons. The number of nitrogens with two attached hydrogens (primary N) is 1. The van der Waals surface area contributed by atoms with Crippen LogP contribution >= 0.6 is 34.9 Å². The first kappa shape index (κ1) is 31.4. The first-order chi connectivity index (χ1) is 21.5. The number of β-lactam (4-membered cyclic amide) rings is 1. The minimum absolute atomic E-state index is 0.00949. The van der Waals surface area contributed by atoms with E-state index in [1.165, 1.54) is 57.9 Å². The standard InChI is InChI=1S/C24H22N10O8S3/c1-33-24(29-31-32-33)45-8-10-7-43-20-16(19(37)34(20)17(10)22(40)41)28-18(36)15(13-9-44-23(25)27-13)30-42-6-14(35)26-12-5-3-2-4-11(12)21(38)39/h2-5,9,16,20H,6-8H2,1H3,(H2,25,27)(H,26,35)(H,28,36)(H,38,39)(H,40,41)/t16?,20-/m0/s1. The molecule has 3 aromatic rings. The van der Waals surface area contributed by atoms with Crippen LogP contribution in [0.1, 0.15) is 16.1 Å². The molecule has 45 heavy (non-hydrogen) atoms. The van der Waals surface area contributed by atoms with Gasteiger partial charge in [0.15, 0.2) is 17.5 Å². The van der Waals surface area contributed by atoms with Gasteiger partial charge in [-0.1, -0.05) is 29.1 Å². The van der Waals surface area contributed by atoms with Gasteiger partial charge in [-0.05, 0) is 28.1 Å². The number of anilines is 2. The number of aryl methyl sites for hydroxylation is 1. The Hall–Kier alpha value is -5.02. The number of thioether (sulfide) groups is 2. The molecule has 0 saturated carbocycles. The molecule has 0 bridgehead atoms. The quantitative estimate of drug-likeness (QED) is 0.0724. The van der Waals surface area contributed by atoms with Crippen molar-refractivity contribution in [1.29, 1.82) is 0 Å². The molecule has 1 unspecified atom stereocenters. The molecular weight excluding hydrogens is 653 g/mol. The summed E-state index contributed by atoms with van der Waals surface area (Å²) in [6.07, 6.45) is 0. The second kappa shape index (κ2) is 13.3. The third-order valence-electron chi connectivity index (χ3n) is 6.26. The second-order valence-corrected chi connectivity index (χ2v) is 12.1. The Balaban J connectivity index is 1.27. The zero-order valence-electron chi connectivity index (χ0n) is 22.9. The van der Waals surface area contributed by atoms with Crippen LogP contribution in [0.2, 0.25) is 0 Å². The maximum atomic E-state index is 13.3. The highest BCUT2D eigenvalue weighted by Gasteiger charge is 2.54. The number of rotatable bonds is 12. The summed E-state index contributed by atoms with van der Waals surface area (Å²) in [4.78, 5) is 72.7. The molecule has 4 heterocycles. The monoisotopic (exact) mass is 674 g/mol. The van der Waals surface area contributed by atoms with Gasteiger partial charge in [0.1, 0.15) is 22.8 Å². The van der Waals surface area contributed by atoms with Crippen LogP contribution in [0.3, 0.4) is 0 Å². The highest BCUT2D eigenvalue weighted by atomic mass is 32.2. The molecule has 5 rings (SSSR count). The second-order valence-electron chi connectivity index (χ2n) is 9.18. The number of nitrogens with zero attached hydrogens (tertiary/aromatic N) is 7. The smallest absolute Gasteiger partial charge is 0.352 e. The van der Waals surface area contributed by atoms with E-state index in [4.69, 9.17) is 10.6 Å². The molecule has 6 N–H and O–H groups in total. The van der Waals surface area contributed by atoms with Gasteiger partial charge in [-0.25, -0.2) is 19.3 Å². The molecule has 21 heteroatoms. The molecule has 0 spiro atoms. The number of amides is 3. The number of aliphatic carboxylic acids is 1. The summed E-state index contributed by atoms with van der Waals surface area (Å²) in [5.41, 5.74) is 5.56. The maximum absolute atomic E-state index is 13.3. The zero-order valence-corrected chi connectivity index (χ0v) is 25.4. The number of para-hydroxylation sites is 1. The van der Waals surface area contributed by atoms with Gasteiger partial charge in [-0.15, -0.1) is 28.2 Å². The lowest BCUT2D eigenvalue weighted by molar-refractivity contribution is -0.150. The van der Waals surface area contributed by atoms with Crippen molar-refractivity contribution < 1.29 is 39.0 Å². The molecule has 2 aliphatic rings. The van der Waals surface area contributed by atoms with Gasteiger partial charge in [0.25, 0.3) is 17.7 Å². The zero-order chi connectivity index (χ0) is 32.2. The number of benzene rings is 1. The van der Waals surface area contributed by atoms with E-state index >= 15 is 0 Å². The third kappa shape index (κ3) is 6.73. The van der Waals surface area contributed by atoms with Crippen LogP contribution in [0.5, 0.6) is 0 Å². The lowest BCUT2D eigenvalue weighted by Gasteiger charge is -2.49. The lowest BCUT2D eigenvalue weighted by atomic mass is 10.0. The lowest BCUT2D eigenvalue weighted by Crippen LogP contribution is -2.71. The summed E-state index contributed by atoms with van der Waals surface area (Å²) in [6, 6.07) is 4.65. The molecule has 18 nitrogen and oxygen atoms in total. The summed E-state index contributed by atoms with van der Waals surface area (Å²) in [7, 11) is 1.64. The average Bonchev–Trinajstić information content (AvgIpc) is 3.63. The Morgan fingerprint density at radius 3 is 2.67 bits per heavy atom. The van der Waals surface area contributed by atoms with Crippen molar-refractivity contribution in [2.75, 3.05) is 29.2 Å². The number of oxime groups is 1. The van der Waals surface area contributed by atoms with Crippen molar-refractivity contribution in [3.63, 3.8) is 0 Å². The largest absolute Gasteiger partial charge is 0.478 e. The number of hydrogen-bond acceptors (Lipinski definition) is 15. The molecular formula is C24H22N10O8S3. The Morgan fingerprint density at radius 1 is 1.22 bits per heavy atom. The highest BCUT2D eigenvalue weighted by molar-refractivity contribution is 8.01. The first-order valence-corrected chi connectivity index (χ1v) is 15.6. The van der Waals surface area contributed by atoms with Crippen molar-refractivity contribution in [2.24, 2.45) is 12.2 Å². The van der Waals surface area contributed by atoms with Crippen molar-refractivity contribution in [3.8, 4) is 0 Å². The number of fused-ring (bicyclic) bond motifs is 1. The van der Waals surface area contributed by atoms with Crippen LogP contribution in [-0.2, 0) is 31.1 Å². The van der Waals surface area contributed by atoms with Gasteiger partial charge in [0.05, 0.1) is 11.3 Å². The van der Waals surface area contributed by atoms with Crippen LogP contribution in [0, 0.1) is 0 Å². The van der Waals surface area contributed by atoms with E-state index < -0.39 is 53.4 Å². The summed E-state index contributed by atoms with van der Waals surface area (Å²) < 4.78 is 1.44. The number of aromatic carboxylic acids is 1. The van der Waals surface area contributed by atoms with Gasteiger partial charge in [0.2, 0.25) is 5.16 Å². The molecule has 1 fully saturated rings. The number of nitrogens with one attached hydrogen (secondary N) is 2. The van der Waals surface area contributed by atoms with E-state index in [0.717, 1.165) is 16.2 Å². The summed E-state index contributed by atoms with van der Waals surface area (Å²) in [6.45, 7) is -0.697. The fraction of sp³-hybridized carbons (Fsp3) is 0.250. The Kier molecular flexibility index (Phi) is 9.29. The topological polar surface area (TPSA) is 257 Å². The number of hydrogen-bond donors (Lipinski definition) is 5. The minimum Gasteiger partial charge on any atom is -0.478 e. The van der Waals surface area contributed by atoms with Crippen LogP contribution < -0.4 is 16.4 Å². The SMILES string of the molecule is Cn1nnnc1SCC1=C(C(=O)O)N2C(=O)C(NC(=O)C(=NOCC(=O)Nc3ccccc3C(=O)O)c3csc(N)n3)[C@@H]2SC1. The van der Waals surface area contributed by atoms with Crippen LogP contribution in [0.4, 0.5) is 10.8 Å². The van der Waals surface area contributed by atoms with Gasteiger partial charge < -0.3 is 31.4 Å². The molecule has 2 aliphatic heterocycles. The van der Waals surface area contributed by atoms with Crippen LogP contribution in [0.15, 0.2) is 51.2 Å². The van der Waals surface area contributed by atoms with E-state index in [1.807, 2.05) is 0 Å². The molecule has 2 aromatic heterocycles. The molecule has 0 aliphatic carbocycles. The predicted molar refractivity (Wildman–Crippen MR) is 160 cm³/mol. The van der Waals surface area contributed by atoms with E-state index in [-0.39, 0.29) is 39.3 Å². The summed E-state index contributed by atoms with van der Waals surface area (Å²) in [5, 5.41) is 40.4. The number of carbonyl (C=O) groups is 5. The Bertz CT molecular complexity index is 1760. The van der Waals surface area contributed by atoms with Gasteiger partial charge in [0, 0.05) is 23.9 Å². The first-order valence-electron chi connectivity index (χ1n) is 12.6. The number of aromatic nitrogens is 5. The van der Waals surface area contributed by atoms with Crippen LogP contribution in [-0.4, -0.2) is 105 Å². The van der Waals surface area contributed by atoms with Gasteiger partial charge in [-0.2, -0.15) is 0 Å². The highest BCUT2D eigenvalue weighted by Crippen LogP contribution is 2.41. The number of tetrazole rings is 1. The number of carboxylic acids is 2. The average molecular weight is 675 g/mol. The van der Waals surface area contributed by atoms with Crippen LogP contribution in [0.25, 0.3) is 0 Å². The van der Waals surface area contributed by atoms with Crippen molar-refractivity contribution in [3.05, 3.63) is 52.2 Å². The van der Waals surface area contributed by atoms with Crippen molar-refractivity contribution >= 4 is 81.1 Å². The van der Waals surface area contributed by atoms with Gasteiger partial charge >= 0.3 is 11.9 Å². The Morgan fingerprint density at radius 2 is 2.00 bits per heavy atom. The molecule has 1 saturated heterocycles. The number of thiazole rings is 1. The van der Waals surface area contributed by atoms with E-state index in [9.17, 15) is 34.2 Å². The number of carbonyl (C=O) groups excluding carboxylic acids is 3. The van der Waals surface area contributed by atoms with Crippen molar-refractivity contribution in [1.82, 2.24) is 35.4 Å². The van der Waals surface area contributed by atoms with E-state index in [1.54, 1.807) is 7.05 Å². The fourth-order valence-electron chi connectivity index (χ4n) is 4.22. The molecule has 3 amide bonds. The van der Waals surface area contributed by atoms with Crippen molar-refractivity contribution in [2.45, 2.75) is 16.6 Å². The normalized spacial score (nSPS) is 17.8. The number of nitrogen functional groups attached to an aromatic ring is 1. The van der Waals surface area contributed by atoms with Gasteiger partial charge in [-0.3, -0.25) is 19.3 Å². The third-order valence-corrected chi connectivity index (χ3v) is 9.37. The molecule has 1 aromatic carbocycles.